The van der Waals surface area contributed by atoms with Gasteiger partial charge in [-0.2, -0.15) is 9.67 Å². The van der Waals surface area contributed by atoms with E-state index in [9.17, 15) is 4.79 Å². The summed E-state index contributed by atoms with van der Waals surface area (Å²) in [6.45, 7) is 0. The maximum absolute atomic E-state index is 12.6. The summed E-state index contributed by atoms with van der Waals surface area (Å²) in [5.74, 6) is 0.608. The molecule has 4 rings (SSSR count). The minimum atomic E-state index is -0.252. The van der Waals surface area contributed by atoms with Crippen LogP contribution in [-0.4, -0.2) is 20.7 Å². The first-order valence-electron chi connectivity index (χ1n) is 8.35. The maximum Gasteiger partial charge on any atom is 0.258 e. The Bertz CT molecular complexity index is 1060. The van der Waals surface area contributed by atoms with E-state index in [1.54, 1.807) is 28.9 Å². The Hall–Kier alpha value is -3.44. The zero-order valence-corrected chi connectivity index (χ0v) is 15.0. The first-order valence-corrected chi connectivity index (χ1v) is 8.73. The van der Waals surface area contributed by atoms with E-state index in [0.717, 1.165) is 11.3 Å². The summed E-state index contributed by atoms with van der Waals surface area (Å²) in [5.41, 5.74) is 2.15. The van der Waals surface area contributed by atoms with Crippen molar-refractivity contribution in [3.05, 3.63) is 95.5 Å². The second-order valence-corrected chi connectivity index (χ2v) is 6.27. The van der Waals surface area contributed by atoms with Gasteiger partial charge in [0.25, 0.3) is 5.91 Å². The Labute approximate surface area is 161 Å². The lowest BCUT2D eigenvalue weighted by atomic mass is 10.2. The van der Waals surface area contributed by atoms with Crippen molar-refractivity contribution in [3.8, 4) is 17.1 Å². The lowest BCUT2D eigenvalue weighted by Gasteiger charge is -2.07. The number of amides is 1. The Morgan fingerprint density at radius 3 is 2.15 bits per heavy atom. The average molecular weight is 375 g/mol. The number of anilines is 1. The quantitative estimate of drug-likeness (QED) is 0.556. The van der Waals surface area contributed by atoms with Crippen LogP contribution in [0.4, 0.5) is 5.95 Å². The van der Waals surface area contributed by atoms with Gasteiger partial charge in [0.1, 0.15) is 0 Å². The fraction of sp³-hybridized carbons (Fsp3) is 0. The van der Waals surface area contributed by atoms with E-state index in [2.05, 4.69) is 15.4 Å². The highest BCUT2D eigenvalue weighted by atomic mass is 35.5. The van der Waals surface area contributed by atoms with Crippen LogP contribution in [0.25, 0.3) is 17.1 Å². The van der Waals surface area contributed by atoms with Gasteiger partial charge in [0.05, 0.1) is 5.69 Å². The molecule has 0 saturated carbocycles. The molecule has 27 heavy (non-hydrogen) atoms. The van der Waals surface area contributed by atoms with E-state index >= 15 is 0 Å². The van der Waals surface area contributed by atoms with Crippen molar-refractivity contribution < 1.29 is 4.79 Å². The number of nitrogens with one attached hydrogen (secondary N) is 1. The zero-order valence-electron chi connectivity index (χ0n) is 14.2. The van der Waals surface area contributed by atoms with Crippen molar-refractivity contribution in [1.29, 1.82) is 0 Å². The molecule has 1 aromatic heterocycles. The van der Waals surface area contributed by atoms with Crippen molar-refractivity contribution in [2.45, 2.75) is 0 Å². The number of carbonyl (C=O) groups is 1. The van der Waals surface area contributed by atoms with Crippen LogP contribution < -0.4 is 5.32 Å². The average Bonchev–Trinajstić information content (AvgIpc) is 3.13. The van der Waals surface area contributed by atoms with E-state index in [4.69, 9.17) is 11.6 Å². The summed E-state index contributed by atoms with van der Waals surface area (Å²) >= 11 is 5.99. The van der Waals surface area contributed by atoms with E-state index in [1.807, 2.05) is 60.7 Å². The van der Waals surface area contributed by atoms with Crippen LogP contribution in [0, 0.1) is 0 Å². The van der Waals surface area contributed by atoms with E-state index in [0.29, 0.717) is 22.4 Å². The third-order valence-corrected chi connectivity index (χ3v) is 4.22. The van der Waals surface area contributed by atoms with Gasteiger partial charge in [-0.1, -0.05) is 60.1 Å². The predicted octanol–water partition coefficient (Wildman–Crippen LogP) is 4.84. The molecule has 0 fully saturated rings. The molecular formula is C21H15ClN4O. The molecule has 3 aromatic carbocycles. The number of halogens is 1. The molecule has 5 nitrogen and oxygen atoms in total. The zero-order chi connectivity index (χ0) is 18.6. The number of hydrogen-bond acceptors (Lipinski definition) is 3. The van der Waals surface area contributed by atoms with Crippen molar-refractivity contribution in [2.75, 3.05) is 5.32 Å². The minimum absolute atomic E-state index is 0.252. The van der Waals surface area contributed by atoms with Crippen LogP contribution in [0.1, 0.15) is 10.4 Å². The number of aromatic nitrogens is 3. The minimum Gasteiger partial charge on any atom is -0.290 e. The first-order chi connectivity index (χ1) is 13.2. The molecule has 0 bridgehead atoms. The number of hydrogen-bond donors (Lipinski definition) is 1. The summed E-state index contributed by atoms with van der Waals surface area (Å²) in [6.07, 6.45) is 0. The summed E-state index contributed by atoms with van der Waals surface area (Å²) in [6, 6.07) is 25.8. The van der Waals surface area contributed by atoms with Crippen LogP contribution in [0.3, 0.4) is 0 Å². The van der Waals surface area contributed by atoms with Gasteiger partial charge in [-0.3, -0.25) is 10.1 Å². The lowest BCUT2D eigenvalue weighted by Crippen LogP contribution is -2.15. The molecule has 1 heterocycles. The standard InChI is InChI=1S/C21H15ClN4O/c22-17-11-13-18(14-12-17)26-21(24-20(27)16-9-5-2-6-10-16)23-19(25-26)15-7-3-1-4-8-15/h1-14H,(H,23,24,25,27). The second kappa shape index (κ2) is 7.43. The van der Waals surface area contributed by atoms with Gasteiger partial charge in [0.2, 0.25) is 5.95 Å². The number of nitrogens with zero attached hydrogens (tertiary/aromatic N) is 3. The smallest absolute Gasteiger partial charge is 0.258 e. The fourth-order valence-electron chi connectivity index (χ4n) is 2.63. The van der Waals surface area contributed by atoms with Gasteiger partial charge in [-0.25, -0.2) is 0 Å². The molecule has 1 N–H and O–H groups in total. The molecule has 0 aliphatic carbocycles. The highest BCUT2D eigenvalue weighted by Gasteiger charge is 2.16. The van der Waals surface area contributed by atoms with Gasteiger partial charge >= 0.3 is 0 Å². The van der Waals surface area contributed by atoms with Crippen molar-refractivity contribution in [3.63, 3.8) is 0 Å². The van der Waals surface area contributed by atoms with Crippen LogP contribution in [-0.2, 0) is 0 Å². The van der Waals surface area contributed by atoms with Crippen molar-refractivity contribution >= 4 is 23.5 Å². The van der Waals surface area contributed by atoms with E-state index in [-0.39, 0.29) is 5.91 Å². The Kier molecular flexibility index (Phi) is 4.68. The first kappa shape index (κ1) is 17.0. The van der Waals surface area contributed by atoms with Crippen LogP contribution in [0.15, 0.2) is 84.9 Å². The molecule has 0 aliphatic rings. The highest BCUT2D eigenvalue weighted by Crippen LogP contribution is 2.22. The molecule has 0 radical (unpaired) electrons. The number of benzene rings is 3. The Morgan fingerprint density at radius 1 is 0.852 bits per heavy atom. The van der Waals surface area contributed by atoms with Crippen LogP contribution in [0.2, 0.25) is 5.02 Å². The summed E-state index contributed by atoms with van der Waals surface area (Å²) in [7, 11) is 0. The molecular weight excluding hydrogens is 360 g/mol. The van der Waals surface area contributed by atoms with E-state index < -0.39 is 0 Å². The van der Waals surface area contributed by atoms with Crippen LogP contribution >= 0.6 is 11.6 Å². The second-order valence-electron chi connectivity index (χ2n) is 5.83. The van der Waals surface area contributed by atoms with Gasteiger partial charge in [-0.05, 0) is 36.4 Å². The lowest BCUT2D eigenvalue weighted by molar-refractivity contribution is 0.102. The monoisotopic (exact) mass is 374 g/mol. The third-order valence-electron chi connectivity index (χ3n) is 3.97. The van der Waals surface area contributed by atoms with Crippen molar-refractivity contribution in [1.82, 2.24) is 14.8 Å². The molecule has 0 atom stereocenters. The third kappa shape index (κ3) is 3.73. The molecule has 1 amide bonds. The number of carbonyl (C=O) groups excluding carboxylic acids is 1. The molecule has 0 unspecified atom stereocenters. The predicted molar refractivity (Wildman–Crippen MR) is 106 cm³/mol. The molecule has 6 heteroatoms. The SMILES string of the molecule is O=C(Nc1nc(-c2ccccc2)nn1-c1ccc(Cl)cc1)c1ccccc1. The largest absolute Gasteiger partial charge is 0.290 e. The Balaban J connectivity index is 1.75. The summed E-state index contributed by atoms with van der Waals surface area (Å²) < 4.78 is 1.60. The van der Waals surface area contributed by atoms with Gasteiger partial charge in [0.15, 0.2) is 5.82 Å². The Morgan fingerprint density at radius 2 is 1.48 bits per heavy atom. The van der Waals surface area contributed by atoms with Gasteiger partial charge < -0.3 is 0 Å². The normalized spacial score (nSPS) is 10.6. The molecule has 0 spiro atoms. The highest BCUT2D eigenvalue weighted by molar-refractivity contribution is 6.30. The summed E-state index contributed by atoms with van der Waals surface area (Å²) in [5, 5.41) is 8.04. The molecule has 0 saturated heterocycles. The van der Waals surface area contributed by atoms with Gasteiger partial charge in [0, 0.05) is 16.1 Å². The van der Waals surface area contributed by atoms with E-state index in [1.165, 1.54) is 0 Å². The topological polar surface area (TPSA) is 59.8 Å². The van der Waals surface area contributed by atoms with Gasteiger partial charge in [-0.15, -0.1) is 5.10 Å². The maximum atomic E-state index is 12.6. The van der Waals surface area contributed by atoms with Crippen molar-refractivity contribution in [2.24, 2.45) is 0 Å². The molecule has 132 valence electrons. The van der Waals surface area contributed by atoms with Crippen LogP contribution in [0.5, 0.6) is 0 Å². The molecule has 4 aromatic rings. The summed E-state index contributed by atoms with van der Waals surface area (Å²) in [4.78, 5) is 17.1. The molecule has 0 aliphatic heterocycles. The number of rotatable bonds is 4. The fourth-order valence-corrected chi connectivity index (χ4v) is 2.75.